The van der Waals surface area contributed by atoms with Crippen LogP contribution in [0.25, 0.3) is 10.9 Å². The Kier molecular flexibility index (Phi) is 5.55. The zero-order chi connectivity index (χ0) is 18.7. The third kappa shape index (κ3) is 4.20. The summed E-state index contributed by atoms with van der Waals surface area (Å²) >= 11 is 3.51. The van der Waals surface area contributed by atoms with Crippen LogP contribution in [-0.4, -0.2) is 31.2 Å². The van der Waals surface area contributed by atoms with Crippen LogP contribution in [0.4, 0.5) is 0 Å². The van der Waals surface area contributed by atoms with Gasteiger partial charge in [-0.1, -0.05) is 12.1 Å². The number of hydrogen-bond acceptors (Lipinski definition) is 6. The first kappa shape index (κ1) is 18.8. The average molecular weight is 436 g/mol. The van der Waals surface area contributed by atoms with Crippen molar-refractivity contribution >= 4 is 36.7 Å². The van der Waals surface area contributed by atoms with E-state index in [1.807, 2.05) is 18.2 Å². The molecule has 0 bridgehead atoms. The van der Waals surface area contributed by atoms with E-state index in [1.165, 1.54) is 12.6 Å². The summed E-state index contributed by atoms with van der Waals surface area (Å²) < 4.78 is 30.0. The Morgan fingerprint density at radius 2 is 2.00 bits per heavy atom. The minimum absolute atomic E-state index is 0.244. The number of rotatable bonds is 6. The van der Waals surface area contributed by atoms with Gasteiger partial charge in [0.1, 0.15) is 18.7 Å². The smallest absolute Gasteiger partial charge is 0.175 e. The van der Waals surface area contributed by atoms with E-state index in [0.717, 1.165) is 26.6 Å². The summed E-state index contributed by atoms with van der Waals surface area (Å²) in [4.78, 5) is 8.85. The zero-order valence-corrected chi connectivity index (χ0v) is 16.5. The number of ether oxygens (including phenoxy) is 1. The van der Waals surface area contributed by atoms with Gasteiger partial charge >= 0.3 is 0 Å². The molecule has 136 valence electrons. The first-order valence-electron chi connectivity index (χ1n) is 7.93. The summed E-state index contributed by atoms with van der Waals surface area (Å²) in [5, 5.41) is 0.927. The van der Waals surface area contributed by atoms with Gasteiger partial charge in [0, 0.05) is 24.1 Å². The van der Waals surface area contributed by atoms with Crippen LogP contribution in [0.1, 0.15) is 11.3 Å². The van der Waals surface area contributed by atoms with Crippen molar-refractivity contribution < 1.29 is 13.2 Å². The van der Waals surface area contributed by atoms with Crippen molar-refractivity contribution in [3.05, 3.63) is 58.5 Å². The molecule has 1 aromatic heterocycles. The number of aromatic nitrogens is 2. The molecule has 0 aliphatic heterocycles. The zero-order valence-electron chi connectivity index (χ0n) is 14.1. The van der Waals surface area contributed by atoms with Crippen LogP contribution in [-0.2, 0) is 22.9 Å². The minimum atomic E-state index is -3.25. The van der Waals surface area contributed by atoms with Gasteiger partial charge in [0.25, 0.3) is 0 Å². The van der Waals surface area contributed by atoms with Gasteiger partial charge < -0.3 is 10.5 Å². The van der Waals surface area contributed by atoms with Crippen LogP contribution in [0.2, 0.25) is 0 Å². The highest BCUT2D eigenvalue weighted by Gasteiger charge is 2.11. The topological polar surface area (TPSA) is 95.2 Å². The second-order valence-electron chi connectivity index (χ2n) is 5.87. The lowest BCUT2D eigenvalue weighted by atomic mass is 10.1. The molecule has 0 radical (unpaired) electrons. The number of hydrogen-bond donors (Lipinski definition) is 1. The summed E-state index contributed by atoms with van der Waals surface area (Å²) in [6, 6.07) is 10.5. The van der Waals surface area contributed by atoms with E-state index in [1.54, 1.807) is 18.2 Å². The summed E-state index contributed by atoms with van der Waals surface area (Å²) in [5.41, 5.74) is 8.07. The first-order valence-corrected chi connectivity index (χ1v) is 10.6. The Hall–Kier alpha value is -2.03. The van der Waals surface area contributed by atoms with E-state index in [4.69, 9.17) is 10.5 Å². The van der Waals surface area contributed by atoms with Crippen molar-refractivity contribution in [3.8, 4) is 5.75 Å². The monoisotopic (exact) mass is 435 g/mol. The number of halogens is 1. The van der Waals surface area contributed by atoms with Crippen molar-refractivity contribution in [1.82, 2.24) is 9.97 Å². The van der Waals surface area contributed by atoms with Gasteiger partial charge in [-0.2, -0.15) is 0 Å². The summed E-state index contributed by atoms with van der Waals surface area (Å²) in [6.45, 7) is 0.757. The lowest BCUT2D eigenvalue weighted by Crippen LogP contribution is -2.05. The molecule has 0 spiro atoms. The Morgan fingerprint density at radius 1 is 1.19 bits per heavy atom. The van der Waals surface area contributed by atoms with E-state index >= 15 is 0 Å². The molecule has 0 saturated carbocycles. The van der Waals surface area contributed by atoms with Gasteiger partial charge in [-0.25, -0.2) is 18.4 Å². The molecular weight excluding hydrogens is 418 g/mol. The number of sulfone groups is 1. The maximum absolute atomic E-state index is 11.7. The summed E-state index contributed by atoms with van der Waals surface area (Å²) in [6.07, 6.45) is 3.37. The molecule has 26 heavy (non-hydrogen) atoms. The Bertz CT molecular complexity index is 1050. The molecule has 0 fully saturated rings. The van der Waals surface area contributed by atoms with Crippen molar-refractivity contribution in [2.24, 2.45) is 5.73 Å². The highest BCUT2D eigenvalue weighted by Crippen LogP contribution is 2.31. The van der Waals surface area contributed by atoms with Crippen LogP contribution in [0.15, 0.2) is 52.1 Å². The third-order valence-corrected chi connectivity index (χ3v) is 5.60. The van der Waals surface area contributed by atoms with Gasteiger partial charge in [-0.3, -0.25) is 0 Å². The maximum atomic E-state index is 11.7. The second kappa shape index (κ2) is 7.69. The fraction of sp³-hybridized carbons (Fsp3) is 0.222. The third-order valence-electron chi connectivity index (χ3n) is 3.87. The van der Waals surface area contributed by atoms with E-state index in [2.05, 4.69) is 25.9 Å². The molecule has 3 rings (SSSR count). The van der Waals surface area contributed by atoms with Crippen molar-refractivity contribution in [2.45, 2.75) is 17.9 Å². The Labute approximate surface area is 160 Å². The molecule has 0 aliphatic rings. The second-order valence-corrected chi connectivity index (χ2v) is 8.74. The van der Waals surface area contributed by atoms with Crippen molar-refractivity contribution in [3.63, 3.8) is 0 Å². The van der Waals surface area contributed by atoms with Crippen LogP contribution >= 0.6 is 15.9 Å². The van der Waals surface area contributed by atoms with Crippen LogP contribution < -0.4 is 10.5 Å². The number of nitrogens with zero attached hydrogens (tertiary/aromatic N) is 2. The van der Waals surface area contributed by atoms with Crippen LogP contribution in [0, 0.1) is 0 Å². The molecule has 0 saturated heterocycles. The molecule has 3 aromatic rings. The largest absolute Gasteiger partial charge is 0.488 e. The van der Waals surface area contributed by atoms with E-state index in [-0.39, 0.29) is 11.5 Å². The minimum Gasteiger partial charge on any atom is -0.488 e. The Balaban J connectivity index is 1.87. The Morgan fingerprint density at radius 3 is 2.73 bits per heavy atom. The van der Waals surface area contributed by atoms with E-state index in [9.17, 15) is 8.42 Å². The SMILES string of the molecule is CS(=O)(=O)c1cccc(COc2cc3ncnc(CCN)c3cc2Br)c1. The molecular formula is C18H18BrN3O3S. The lowest BCUT2D eigenvalue weighted by molar-refractivity contribution is 0.304. The highest BCUT2D eigenvalue weighted by molar-refractivity contribution is 9.10. The molecule has 0 aliphatic carbocycles. The molecule has 0 atom stereocenters. The number of nitrogens with two attached hydrogens (primary N) is 1. The number of benzene rings is 2. The van der Waals surface area contributed by atoms with E-state index < -0.39 is 9.84 Å². The van der Waals surface area contributed by atoms with Gasteiger partial charge in [-0.05, 0) is 46.2 Å². The molecule has 1 heterocycles. The summed E-state index contributed by atoms with van der Waals surface area (Å²) in [5.74, 6) is 0.625. The molecule has 2 aromatic carbocycles. The van der Waals surface area contributed by atoms with Gasteiger partial charge in [0.2, 0.25) is 0 Å². The average Bonchev–Trinajstić information content (AvgIpc) is 2.60. The van der Waals surface area contributed by atoms with E-state index in [0.29, 0.717) is 18.7 Å². The quantitative estimate of drug-likeness (QED) is 0.639. The summed E-state index contributed by atoms with van der Waals surface area (Å²) in [7, 11) is -3.25. The van der Waals surface area contributed by atoms with Gasteiger partial charge in [-0.15, -0.1) is 0 Å². The molecule has 8 heteroatoms. The standard InChI is InChI=1S/C18H18BrN3O3S/c1-26(23,24)13-4-2-3-12(7-13)10-25-18-9-17-14(8-15(18)19)16(5-6-20)21-11-22-17/h2-4,7-9,11H,5-6,10,20H2,1H3. The molecule has 0 amide bonds. The predicted molar refractivity (Wildman–Crippen MR) is 104 cm³/mol. The van der Waals surface area contributed by atoms with Gasteiger partial charge in [0.15, 0.2) is 9.84 Å². The van der Waals surface area contributed by atoms with Crippen LogP contribution in [0.5, 0.6) is 5.75 Å². The van der Waals surface area contributed by atoms with Gasteiger partial charge in [0.05, 0.1) is 20.6 Å². The molecule has 0 unspecified atom stereocenters. The van der Waals surface area contributed by atoms with Crippen LogP contribution in [0.3, 0.4) is 0 Å². The molecule has 6 nitrogen and oxygen atoms in total. The fourth-order valence-electron chi connectivity index (χ4n) is 2.58. The fourth-order valence-corrected chi connectivity index (χ4v) is 3.73. The number of fused-ring (bicyclic) bond motifs is 1. The predicted octanol–water partition coefficient (Wildman–Crippen LogP) is 2.88. The normalized spacial score (nSPS) is 11.7. The van der Waals surface area contributed by atoms with Crippen molar-refractivity contribution in [2.75, 3.05) is 12.8 Å². The highest BCUT2D eigenvalue weighted by atomic mass is 79.9. The first-order chi connectivity index (χ1) is 12.4. The lowest BCUT2D eigenvalue weighted by Gasteiger charge is -2.11. The van der Waals surface area contributed by atoms with Crippen molar-refractivity contribution in [1.29, 1.82) is 0 Å². The molecule has 2 N–H and O–H groups in total. The maximum Gasteiger partial charge on any atom is 0.175 e.